The van der Waals surface area contributed by atoms with E-state index in [1.165, 1.54) is 6.07 Å². The lowest BCUT2D eigenvalue weighted by molar-refractivity contribution is 0.0699. The van der Waals surface area contributed by atoms with Gasteiger partial charge in [0, 0.05) is 16.6 Å². The highest BCUT2D eigenvalue weighted by atomic mass is 16.4. The number of aromatic nitrogens is 1. The maximum Gasteiger partial charge on any atom is 0.337 e. The molecule has 1 aromatic heterocycles. The third-order valence-corrected chi connectivity index (χ3v) is 2.93. The first-order valence-electron chi connectivity index (χ1n) is 5.55. The van der Waals surface area contributed by atoms with Crippen LogP contribution in [0.2, 0.25) is 0 Å². The van der Waals surface area contributed by atoms with Gasteiger partial charge < -0.3 is 10.1 Å². The molecule has 1 aromatic carbocycles. The fourth-order valence-electron chi connectivity index (χ4n) is 2.04. The van der Waals surface area contributed by atoms with Crippen molar-refractivity contribution in [2.75, 3.05) is 0 Å². The lowest BCUT2D eigenvalue weighted by Crippen LogP contribution is -2.14. The van der Waals surface area contributed by atoms with E-state index in [9.17, 15) is 9.59 Å². The van der Waals surface area contributed by atoms with E-state index in [2.05, 4.69) is 11.6 Å². The van der Waals surface area contributed by atoms with Crippen LogP contribution in [0.1, 0.15) is 21.6 Å². The number of benzene rings is 1. The Morgan fingerprint density at radius 3 is 2.83 bits per heavy atom. The van der Waals surface area contributed by atoms with Gasteiger partial charge in [0.25, 0.3) is 0 Å². The van der Waals surface area contributed by atoms with Crippen LogP contribution in [0.15, 0.2) is 35.6 Å². The first-order chi connectivity index (χ1) is 8.56. The number of pyridine rings is 1. The molecule has 0 amide bonds. The average molecular weight is 243 g/mol. The second kappa shape index (κ2) is 4.49. The lowest BCUT2D eigenvalue weighted by atomic mass is 10.0. The van der Waals surface area contributed by atoms with Crippen LogP contribution < -0.4 is 5.43 Å². The van der Waals surface area contributed by atoms with Crippen molar-refractivity contribution in [2.24, 2.45) is 0 Å². The summed E-state index contributed by atoms with van der Waals surface area (Å²) in [6, 6.07) is 4.69. The highest BCUT2D eigenvalue weighted by Crippen LogP contribution is 2.16. The molecule has 0 unspecified atom stereocenters. The number of hydrogen-bond acceptors (Lipinski definition) is 2. The van der Waals surface area contributed by atoms with Gasteiger partial charge in [-0.2, -0.15) is 0 Å². The maximum atomic E-state index is 12.3. The Bertz CT molecular complexity index is 698. The molecule has 4 nitrogen and oxygen atoms in total. The summed E-state index contributed by atoms with van der Waals surface area (Å²) >= 11 is 0. The quantitative estimate of drug-likeness (QED) is 0.812. The minimum absolute atomic E-state index is 0.109. The number of carbonyl (C=O) groups is 1. The standard InChI is InChI=1S/C14H13NO3/c1-3-5-9-8(2)15-12-10(13(9)16)6-4-7-11(12)14(17)18/h3-4,6-7H,1,5H2,2H3,(H,15,16)(H,17,18). The Labute approximate surface area is 104 Å². The van der Waals surface area contributed by atoms with Crippen molar-refractivity contribution in [2.45, 2.75) is 13.3 Å². The minimum atomic E-state index is -1.05. The number of carboxylic acids is 1. The summed E-state index contributed by atoms with van der Waals surface area (Å²) in [5, 5.41) is 9.50. The molecule has 0 aliphatic heterocycles. The van der Waals surface area contributed by atoms with Crippen LogP contribution in [0.5, 0.6) is 0 Å². The first-order valence-corrected chi connectivity index (χ1v) is 5.55. The zero-order valence-electron chi connectivity index (χ0n) is 9.99. The third kappa shape index (κ3) is 1.82. The van der Waals surface area contributed by atoms with Gasteiger partial charge in [-0.25, -0.2) is 4.79 Å². The van der Waals surface area contributed by atoms with E-state index in [4.69, 9.17) is 5.11 Å². The Hall–Kier alpha value is -2.36. The van der Waals surface area contributed by atoms with Crippen LogP contribution in [-0.2, 0) is 6.42 Å². The van der Waals surface area contributed by atoms with Crippen molar-refractivity contribution in [3.8, 4) is 0 Å². The van der Waals surface area contributed by atoms with Crippen molar-refractivity contribution < 1.29 is 9.90 Å². The first kappa shape index (κ1) is 12.1. The topological polar surface area (TPSA) is 70.2 Å². The van der Waals surface area contributed by atoms with Gasteiger partial charge in [0.15, 0.2) is 5.43 Å². The van der Waals surface area contributed by atoms with E-state index in [1.807, 2.05) is 0 Å². The summed E-state index contributed by atoms with van der Waals surface area (Å²) in [7, 11) is 0. The summed E-state index contributed by atoms with van der Waals surface area (Å²) < 4.78 is 0. The highest BCUT2D eigenvalue weighted by molar-refractivity contribution is 6.01. The van der Waals surface area contributed by atoms with Crippen LogP contribution in [-0.4, -0.2) is 16.1 Å². The number of allylic oxidation sites excluding steroid dienone is 1. The number of H-pyrrole nitrogens is 1. The molecule has 92 valence electrons. The van der Waals surface area contributed by atoms with Crippen LogP contribution >= 0.6 is 0 Å². The molecular formula is C14H13NO3. The van der Waals surface area contributed by atoms with Crippen molar-refractivity contribution in [1.82, 2.24) is 4.98 Å². The molecule has 2 rings (SSSR count). The smallest absolute Gasteiger partial charge is 0.337 e. The van der Waals surface area contributed by atoms with Crippen LogP contribution in [0.3, 0.4) is 0 Å². The van der Waals surface area contributed by atoms with Crippen molar-refractivity contribution in [3.05, 3.63) is 57.9 Å². The fraction of sp³-hybridized carbons (Fsp3) is 0.143. The predicted molar refractivity (Wildman–Crippen MR) is 70.2 cm³/mol. The summed E-state index contributed by atoms with van der Waals surface area (Å²) in [4.78, 5) is 26.4. The van der Waals surface area contributed by atoms with Gasteiger partial charge in [0.2, 0.25) is 0 Å². The Balaban J connectivity index is 2.90. The summed E-state index contributed by atoms with van der Waals surface area (Å²) in [5.41, 5.74) is 1.66. The molecule has 2 N–H and O–H groups in total. The molecule has 0 fully saturated rings. The number of aryl methyl sites for hydroxylation is 1. The van der Waals surface area contributed by atoms with Crippen LogP contribution in [0.4, 0.5) is 0 Å². The molecule has 2 aromatic rings. The van der Waals surface area contributed by atoms with E-state index in [0.717, 1.165) is 0 Å². The largest absolute Gasteiger partial charge is 0.478 e. The number of aromatic amines is 1. The van der Waals surface area contributed by atoms with Gasteiger partial charge in [-0.05, 0) is 25.5 Å². The van der Waals surface area contributed by atoms with Gasteiger partial charge in [-0.1, -0.05) is 12.1 Å². The van der Waals surface area contributed by atoms with E-state index >= 15 is 0 Å². The van der Waals surface area contributed by atoms with E-state index in [1.54, 1.807) is 25.1 Å². The SMILES string of the molecule is C=CCc1c(C)[nH]c2c(C(=O)O)cccc2c1=O. The Morgan fingerprint density at radius 1 is 1.50 bits per heavy atom. The number of carboxylic acid groups (broad SMARTS) is 1. The fourth-order valence-corrected chi connectivity index (χ4v) is 2.04. The number of aromatic carboxylic acids is 1. The molecule has 0 saturated carbocycles. The van der Waals surface area contributed by atoms with E-state index < -0.39 is 5.97 Å². The van der Waals surface area contributed by atoms with Crippen molar-refractivity contribution >= 4 is 16.9 Å². The summed E-state index contributed by atoms with van der Waals surface area (Å²) in [6.45, 7) is 5.38. The molecule has 0 atom stereocenters. The summed E-state index contributed by atoms with van der Waals surface area (Å²) in [5.74, 6) is -1.05. The molecule has 4 heteroatoms. The van der Waals surface area contributed by atoms with Crippen LogP contribution in [0.25, 0.3) is 10.9 Å². The normalized spacial score (nSPS) is 10.5. The van der Waals surface area contributed by atoms with Crippen molar-refractivity contribution in [1.29, 1.82) is 0 Å². The lowest BCUT2D eigenvalue weighted by Gasteiger charge is -2.08. The average Bonchev–Trinajstić information content (AvgIpc) is 2.33. The second-order valence-electron chi connectivity index (χ2n) is 4.08. The zero-order chi connectivity index (χ0) is 13.3. The molecule has 0 saturated heterocycles. The third-order valence-electron chi connectivity index (χ3n) is 2.93. The molecule has 0 bridgehead atoms. The molecule has 18 heavy (non-hydrogen) atoms. The molecule has 0 aliphatic rings. The number of hydrogen-bond donors (Lipinski definition) is 2. The minimum Gasteiger partial charge on any atom is -0.478 e. The number of rotatable bonds is 3. The van der Waals surface area contributed by atoms with Crippen LogP contribution in [0, 0.1) is 6.92 Å². The Morgan fingerprint density at radius 2 is 2.22 bits per heavy atom. The zero-order valence-corrected chi connectivity index (χ0v) is 9.99. The number of nitrogens with one attached hydrogen (secondary N) is 1. The summed E-state index contributed by atoms with van der Waals surface area (Å²) in [6.07, 6.45) is 2.12. The Kier molecular flexibility index (Phi) is 3.02. The van der Waals surface area contributed by atoms with E-state index in [0.29, 0.717) is 28.6 Å². The van der Waals surface area contributed by atoms with Gasteiger partial charge >= 0.3 is 5.97 Å². The maximum absolute atomic E-state index is 12.3. The van der Waals surface area contributed by atoms with E-state index in [-0.39, 0.29) is 11.0 Å². The highest BCUT2D eigenvalue weighted by Gasteiger charge is 2.13. The molecular weight excluding hydrogens is 230 g/mol. The van der Waals surface area contributed by atoms with Gasteiger partial charge in [0.1, 0.15) is 0 Å². The second-order valence-corrected chi connectivity index (χ2v) is 4.08. The van der Waals surface area contributed by atoms with Gasteiger partial charge in [-0.3, -0.25) is 4.79 Å². The van der Waals surface area contributed by atoms with Crippen molar-refractivity contribution in [3.63, 3.8) is 0 Å². The molecule has 0 spiro atoms. The predicted octanol–water partition coefficient (Wildman–Crippen LogP) is 2.26. The number of para-hydroxylation sites is 1. The van der Waals surface area contributed by atoms with Gasteiger partial charge in [0.05, 0.1) is 11.1 Å². The molecule has 0 aliphatic carbocycles. The number of fused-ring (bicyclic) bond motifs is 1. The van der Waals surface area contributed by atoms with Gasteiger partial charge in [-0.15, -0.1) is 6.58 Å². The molecule has 0 radical (unpaired) electrons. The monoisotopic (exact) mass is 243 g/mol. The molecule has 1 heterocycles.